The van der Waals surface area contributed by atoms with Crippen LogP contribution in [0.4, 0.5) is 5.69 Å². The molecule has 5 rings (SSSR count). The second-order valence-electron chi connectivity index (χ2n) is 7.90. The zero-order valence-electron chi connectivity index (χ0n) is 16.9. The smallest absolute Gasteiger partial charge is 0.345 e. The van der Waals surface area contributed by atoms with E-state index in [9.17, 15) is 4.79 Å². The number of anilines is 1. The maximum atomic E-state index is 12.7. The number of piperazine rings is 1. The van der Waals surface area contributed by atoms with Crippen molar-refractivity contribution in [1.82, 2.24) is 19.9 Å². The molecule has 1 aliphatic heterocycles. The minimum atomic E-state index is -0.395. The van der Waals surface area contributed by atoms with E-state index in [4.69, 9.17) is 4.42 Å². The first-order valence-electron chi connectivity index (χ1n) is 10.1. The van der Waals surface area contributed by atoms with Gasteiger partial charge in [-0.1, -0.05) is 6.07 Å². The van der Waals surface area contributed by atoms with Crippen molar-refractivity contribution in [3.63, 3.8) is 0 Å². The summed E-state index contributed by atoms with van der Waals surface area (Å²) in [5.41, 5.74) is 2.26. The number of hydrogen-bond acceptors (Lipinski definition) is 6. The van der Waals surface area contributed by atoms with Gasteiger partial charge in [0.25, 0.3) is 0 Å². The molecule has 0 bridgehead atoms. The maximum absolute atomic E-state index is 12.7. The van der Waals surface area contributed by atoms with E-state index in [0.29, 0.717) is 28.9 Å². The number of pyridine rings is 1. The monoisotopic (exact) mass is 401 g/mol. The quantitative estimate of drug-likeness (QED) is 0.531. The largest absolute Gasteiger partial charge is 0.422 e. The highest BCUT2D eigenvalue weighted by atomic mass is 16.4. The van der Waals surface area contributed by atoms with Crippen molar-refractivity contribution in [2.75, 3.05) is 18.0 Å². The van der Waals surface area contributed by atoms with Crippen LogP contribution < -0.4 is 15.8 Å². The number of imidazole rings is 1. The number of fused-ring (bicyclic) bond motifs is 1. The Morgan fingerprint density at radius 2 is 1.90 bits per heavy atom. The molecule has 1 saturated heterocycles. The van der Waals surface area contributed by atoms with Crippen molar-refractivity contribution >= 4 is 16.7 Å². The molecule has 4 aromatic rings. The van der Waals surface area contributed by atoms with E-state index in [2.05, 4.69) is 40.1 Å². The summed E-state index contributed by atoms with van der Waals surface area (Å²) in [6.07, 6.45) is 5.16. The molecule has 1 fully saturated rings. The predicted octanol–water partition coefficient (Wildman–Crippen LogP) is 3.23. The van der Waals surface area contributed by atoms with Crippen molar-refractivity contribution in [2.24, 2.45) is 0 Å². The standard InChI is InChI=1S/C23H23N5O2/c1-15-11-27(12-16(2)26-15)18-7-6-17-9-19(23(29)30-21(17)10-18)20-13-28(14-25-20)22-5-3-4-8-24-22/h3-10,13-16,26H,11-12H2,1-2H3/t15-,16+. The molecule has 0 spiro atoms. The highest BCUT2D eigenvalue weighted by molar-refractivity contribution is 5.84. The van der Waals surface area contributed by atoms with Gasteiger partial charge < -0.3 is 14.6 Å². The molecule has 152 valence electrons. The summed E-state index contributed by atoms with van der Waals surface area (Å²) in [6, 6.07) is 14.4. The van der Waals surface area contributed by atoms with Gasteiger partial charge in [0.2, 0.25) is 0 Å². The number of aromatic nitrogens is 3. The fraction of sp³-hybridized carbons (Fsp3) is 0.261. The van der Waals surface area contributed by atoms with Crippen LogP contribution in [0.3, 0.4) is 0 Å². The third-order valence-corrected chi connectivity index (χ3v) is 5.41. The highest BCUT2D eigenvalue weighted by Crippen LogP contribution is 2.26. The average molecular weight is 401 g/mol. The molecule has 1 aliphatic rings. The number of hydrogen-bond donors (Lipinski definition) is 1. The van der Waals surface area contributed by atoms with Crippen molar-refractivity contribution in [3.8, 4) is 17.1 Å². The number of nitrogens with zero attached hydrogens (tertiary/aromatic N) is 4. The molecule has 4 heterocycles. The van der Waals surface area contributed by atoms with Crippen LogP contribution in [0.1, 0.15) is 13.8 Å². The van der Waals surface area contributed by atoms with Crippen LogP contribution >= 0.6 is 0 Å². The highest BCUT2D eigenvalue weighted by Gasteiger charge is 2.21. The third-order valence-electron chi connectivity index (χ3n) is 5.41. The van der Waals surface area contributed by atoms with Gasteiger partial charge in [0.1, 0.15) is 17.7 Å². The van der Waals surface area contributed by atoms with Crippen LogP contribution in [0.5, 0.6) is 0 Å². The topological polar surface area (TPSA) is 76.2 Å². The minimum Gasteiger partial charge on any atom is -0.422 e. The first kappa shape index (κ1) is 18.6. The third kappa shape index (κ3) is 3.48. The average Bonchev–Trinajstić information content (AvgIpc) is 3.23. The van der Waals surface area contributed by atoms with Crippen molar-refractivity contribution < 1.29 is 4.42 Å². The maximum Gasteiger partial charge on any atom is 0.345 e. The fourth-order valence-corrected chi connectivity index (χ4v) is 4.11. The van der Waals surface area contributed by atoms with E-state index >= 15 is 0 Å². The summed E-state index contributed by atoms with van der Waals surface area (Å²) in [6.45, 7) is 6.20. The Kier molecular flexibility index (Phi) is 4.59. The van der Waals surface area contributed by atoms with Crippen molar-refractivity contribution in [1.29, 1.82) is 0 Å². The lowest BCUT2D eigenvalue weighted by Gasteiger charge is -2.37. The first-order chi connectivity index (χ1) is 14.6. The second kappa shape index (κ2) is 7.42. The summed E-state index contributed by atoms with van der Waals surface area (Å²) in [4.78, 5) is 23.7. The molecule has 2 atom stereocenters. The molecule has 1 aromatic carbocycles. The Labute approximate surface area is 174 Å². The van der Waals surface area contributed by atoms with Gasteiger partial charge in [0.05, 0.1) is 11.3 Å². The van der Waals surface area contributed by atoms with E-state index in [1.54, 1.807) is 23.3 Å². The Morgan fingerprint density at radius 1 is 1.07 bits per heavy atom. The van der Waals surface area contributed by atoms with Gasteiger partial charge in [-0.3, -0.25) is 4.57 Å². The van der Waals surface area contributed by atoms with E-state index in [-0.39, 0.29) is 0 Å². The molecule has 0 radical (unpaired) electrons. The molecule has 0 amide bonds. The van der Waals surface area contributed by atoms with E-state index in [1.165, 1.54) is 0 Å². The molecule has 30 heavy (non-hydrogen) atoms. The van der Waals surface area contributed by atoms with Crippen LogP contribution in [0.25, 0.3) is 28.0 Å². The first-order valence-corrected chi connectivity index (χ1v) is 10.1. The molecular weight excluding hydrogens is 378 g/mol. The summed E-state index contributed by atoms with van der Waals surface area (Å²) < 4.78 is 7.47. The van der Waals surface area contributed by atoms with E-state index in [0.717, 1.165) is 30.0 Å². The summed E-state index contributed by atoms with van der Waals surface area (Å²) >= 11 is 0. The Morgan fingerprint density at radius 3 is 2.67 bits per heavy atom. The molecule has 0 saturated carbocycles. The fourth-order valence-electron chi connectivity index (χ4n) is 4.11. The van der Waals surface area contributed by atoms with Gasteiger partial charge in [-0.05, 0) is 44.2 Å². The summed E-state index contributed by atoms with van der Waals surface area (Å²) in [5, 5.41) is 4.41. The minimum absolute atomic E-state index is 0.395. The zero-order valence-corrected chi connectivity index (χ0v) is 16.9. The van der Waals surface area contributed by atoms with Crippen LogP contribution in [0.2, 0.25) is 0 Å². The van der Waals surface area contributed by atoms with Crippen molar-refractivity contribution in [3.05, 3.63) is 71.6 Å². The molecule has 7 heteroatoms. The second-order valence-corrected chi connectivity index (χ2v) is 7.90. The molecule has 0 unspecified atom stereocenters. The van der Waals surface area contributed by atoms with E-state index < -0.39 is 5.63 Å². The van der Waals surface area contributed by atoms with Gasteiger partial charge in [0.15, 0.2) is 0 Å². The van der Waals surface area contributed by atoms with Crippen LogP contribution in [0, 0.1) is 0 Å². The van der Waals surface area contributed by atoms with Gasteiger partial charge >= 0.3 is 5.63 Å². The summed E-state index contributed by atoms with van der Waals surface area (Å²) in [5.74, 6) is 0.741. The van der Waals surface area contributed by atoms with Gasteiger partial charge in [-0.15, -0.1) is 0 Å². The van der Waals surface area contributed by atoms with Gasteiger partial charge in [-0.25, -0.2) is 14.8 Å². The normalized spacial score (nSPS) is 19.3. The lowest BCUT2D eigenvalue weighted by Crippen LogP contribution is -2.54. The summed E-state index contributed by atoms with van der Waals surface area (Å²) in [7, 11) is 0. The van der Waals surface area contributed by atoms with E-state index in [1.807, 2.05) is 36.4 Å². The molecule has 7 nitrogen and oxygen atoms in total. The molecule has 0 aliphatic carbocycles. The van der Waals surface area contributed by atoms with Crippen LogP contribution in [-0.4, -0.2) is 39.7 Å². The molecular formula is C23H23N5O2. The molecule has 3 aromatic heterocycles. The lowest BCUT2D eigenvalue weighted by atomic mass is 10.1. The Hall–Kier alpha value is -3.45. The molecule has 1 N–H and O–H groups in total. The zero-order chi connectivity index (χ0) is 20.7. The Balaban J connectivity index is 1.49. The lowest BCUT2D eigenvalue weighted by molar-refractivity contribution is 0.407. The van der Waals surface area contributed by atoms with Gasteiger partial charge in [0, 0.05) is 54.7 Å². The Bertz CT molecular complexity index is 1240. The SMILES string of the molecule is C[C@@H]1CN(c2ccc3cc(-c4cn(-c5ccccn5)cn4)c(=O)oc3c2)C[C@H](C)N1. The van der Waals surface area contributed by atoms with Crippen LogP contribution in [0.15, 0.2) is 70.4 Å². The van der Waals surface area contributed by atoms with Gasteiger partial charge in [-0.2, -0.15) is 0 Å². The van der Waals surface area contributed by atoms with Crippen LogP contribution in [-0.2, 0) is 0 Å². The number of rotatable bonds is 3. The predicted molar refractivity (Wildman–Crippen MR) is 117 cm³/mol. The van der Waals surface area contributed by atoms with Crippen molar-refractivity contribution in [2.45, 2.75) is 25.9 Å². The number of benzene rings is 1. The number of nitrogens with one attached hydrogen (secondary N) is 1.